The molecule has 1 saturated carbocycles. The lowest BCUT2D eigenvalue weighted by Crippen LogP contribution is -2.38. The van der Waals surface area contributed by atoms with E-state index < -0.39 is 24.9 Å². The minimum atomic E-state index is -3.29. The molecule has 0 amide bonds. The first-order valence-electron chi connectivity index (χ1n) is 10.7. The Balaban J connectivity index is 1.66. The Morgan fingerprint density at radius 2 is 1.37 bits per heavy atom. The zero-order chi connectivity index (χ0) is 21.8. The van der Waals surface area contributed by atoms with Crippen LogP contribution in [0.3, 0.4) is 0 Å². The Hall–Kier alpha value is -1.66. The van der Waals surface area contributed by atoms with Gasteiger partial charge in [-0.1, -0.05) is 74.5 Å². The van der Waals surface area contributed by atoms with Crippen molar-refractivity contribution in [2.45, 2.75) is 49.9 Å². The molecule has 30 heavy (non-hydrogen) atoms. The molecule has 0 heterocycles. The van der Waals surface area contributed by atoms with Gasteiger partial charge in [0.1, 0.15) is 0 Å². The SMILES string of the molecule is CC(CS(=O)(=O)Cc1ccccc1)C1CCC(C)C(S(=O)(=O)Cc2ccccc2)C1. The fraction of sp³-hybridized carbons (Fsp3) is 0.500. The maximum atomic E-state index is 13.1. The summed E-state index contributed by atoms with van der Waals surface area (Å²) in [6.45, 7) is 3.98. The van der Waals surface area contributed by atoms with Crippen molar-refractivity contribution in [3.8, 4) is 0 Å². The third-order valence-electron chi connectivity index (χ3n) is 6.39. The lowest BCUT2D eigenvalue weighted by atomic mass is 9.77. The predicted octanol–water partition coefficient (Wildman–Crippen LogP) is 4.66. The van der Waals surface area contributed by atoms with Crippen molar-refractivity contribution in [1.82, 2.24) is 0 Å². The molecule has 4 atom stereocenters. The lowest BCUT2D eigenvalue weighted by Gasteiger charge is -2.36. The second-order valence-corrected chi connectivity index (χ2v) is 13.2. The summed E-state index contributed by atoms with van der Waals surface area (Å²) >= 11 is 0. The van der Waals surface area contributed by atoms with Gasteiger partial charge in [0.25, 0.3) is 0 Å². The first kappa shape index (κ1) is 23.0. The van der Waals surface area contributed by atoms with Crippen molar-refractivity contribution in [1.29, 1.82) is 0 Å². The lowest BCUT2D eigenvalue weighted by molar-refractivity contribution is 0.237. The smallest absolute Gasteiger partial charge is 0.157 e. The van der Waals surface area contributed by atoms with Gasteiger partial charge in [0.05, 0.1) is 22.5 Å². The van der Waals surface area contributed by atoms with Crippen LogP contribution in [0.4, 0.5) is 0 Å². The van der Waals surface area contributed by atoms with Crippen molar-refractivity contribution >= 4 is 19.7 Å². The maximum Gasteiger partial charge on any atom is 0.157 e. The Kier molecular flexibility index (Phi) is 7.40. The topological polar surface area (TPSA) is 68.3 Å². The molecule has 2 aromatic carbocycles. The van der Waals surface area contributed by atoms with Gasteiger partial charge in [-0.25, -0.2) is 16.8 Å². The molecule has 6 heteroatoms. The van der Waals surface area contributed by atoms with Crippen LogP contribution in [0.5, 0.6) is 0 Å². The second kappa shape index (κ2) is 9.65. The van der Waals surface area contributed by atoms with E-state index >= 15 is 0 Å². The summed E-state index contributed by atoms with van der Waals surface area (Å²) in [5.41, 5.74) is 1.61. The summed E-state index contributed by atoms with van der Waals surface area (Å²) < 4.78 is 51.7. The molecule has 4 unspecified atom stereocenters. The van der Waals surface area contributed by atoms with Gasteiger partial charge in [0.15, 0.2) is 19.7 Å². The van der Waals surface area contributed by atoms with Gasteiger partial charge in [-0.2, -0.15) is 0 Å². The van der Waals surface area contributed by atoms with Crippen LogP contribution in [-0.4, -0.2) is 27.8 Å². The van der Waals surface area contributed by atoms with E-state index in [1.54, 1.807) is 0 Å². The van der Waals surface area contributed by atoms with E-state index in [1.807, 2.05) is 74.5 Å². The fourth-order valence-corrected chi connectivity index (χ4v) is 8.81. The molecule has 3 rings (SSSR count). The molecule has 1 aliphatic rings. The quantitative estimate of drug-likeness (QED) is 0.589. The van der Waals surface area contributed by atoms with E-state index in [1.165, 1.54) is 0 Å². The molecule has 0 saturated heterocycles. The number of hydrogen-bond donors (Lipinski definition) is 0. The van der Waals surface area contributed by atoms with Gasteiger partial charge in [0, 0.05) is 0 Å². The van der Waals surface area contributed by atoms with E-state index in [0.717, 1.165) is 24.0 Å². The largest absolute Gasteiger partial charge is 0.228 e. The second-order valence-electron chi connectivity index (χ2n) is 8.90. The van der Waals surface area contributed by atoms with Crippen LogP contribution in [0, 0.1) is 17.8 Å². The number of benzene rings is 2. The van der Waals surface area contributed by atoms with Gasteiger partial charge in [-0.05, 0) is 48.1 Å². The first-order valence-corrected chi connectivity index (χ1v) is 14.2. The molecule has 1 aliphatic carbocycles. The normalized spacial score (nSPS) is 23.7. The molecule has 0 N–H and O–H groups in total. The van der Waals surface area contributed by atoms with Crippen molar-refractivity contribution in [3.05, 3.63) is 71.8 Å². The maximum absolute atomic E-state index is 13.1. The van der Waals surface area contributed by atoms with Gasteiger partial charge in [-0.15, -0.1) is 0 Å². The summed E-state index contributed by atoms with van der Waals surface area (Å²) in [5, 5.41) is -0.407. The molecule has 2 aromatic rings. The van der Waals surface area contributed by atoms with Crippen LogP contribution in [0.25, 0.3) is 0 Å². The van der Waals surface area contributed by atoms with Crippen LogP contribution in [-0.2, 0) is 31.2 Å². The van der Waals surface area contributed by atoms with E-state index in [-0.39, 0.29) is 35.0 Å². The molecule has 164 valence electrons. The van der Waals surface area contributed by atoms with E-state index in [4.69, 9.17) is 0 Å². The van der Waals surface area contributed by atoms with Crippen LogP contribution in [0.15, 0.2) is 60.7 Å². The zero-order valence-corrected chi connectivity index (χ0v) is 19.4. The number of sulfone groups is 2. The van der Waals surface area contributed by atoms with Gasteiger partial charge >= 0.3 is 0 Å². The van der Waals surface area contributed by atoms with Crippen molar-refractivity contribution in [3.63, 3.8) is 0 Å². The molecule has 0 radical (unpaired) electrons. The predicted molar refractivity (Wildman–Crippen MR) is 122 cm³/mol. The highest BCUT2D eigenvalue weighted by Gasteiger charge is 2.39. The summed E-state index contributed by atoms with van der Waals surface area (Å²) in [6.07, 6.45) is 2.27. The van der Waals surface area contributed by atoms with Crippen LogP contribution in [0.2, 0.25) is 0 Å². The number of hydrogen-bond acceptors (Lipinski definition) is 4. The highest BCUT2D eigenvalue weighted by molar-refractivity contribution is 7.91. The van der Waals surface area contributed by atoms with Crippen molar-refractivity contribution in [2.75, 3.05) is 5.75 Å². The Labute approximate surface area is 181 Å². The average Bonchev–Trinajstić information content (AvgIpc) is 2.68. The zero-order valence-electron chi connectivity index (χ0n) is 17.8. The van der Waals surface area contributed by atoms with E-state index in [2.05, 4.69) is 0 Å². The molecular weight excluding hydrogens is 416 g/mol. The van der Waals surface area contributed by atoms with Crippen molar-refractivity contribution < 1.29 is 16.8 Å². The minimum Gasteiger partial charge on any atom is -0.228 e. The van der Waals surface area contributed by atoms with E-state index in [9.17, 15) is 16.8 Å². The molecule has 4 nitrogen and oxygen atoms in total. The molecule has 0 bridgehead atoms. The van der Waals surface area contributed by atoms with E-state index in [0.29, 0.717) is 6.42 Å². The molecular formula is C24H32O4S2. The third-order valence-corrected chi connectivity index (χ3v) is 10.5. The van der Waals surface area contributed by atoms with Gasteiger partial charge < -0.3 is 0 Å². The van der Waals surface area contributed by atoms with Crippen LogP contribution in [0.1, 0.15) is 44.2 Å². The summed E-state index contributed by atoms with van der Waals surface area (Å²) in [5.74, 6) is 0.352. The molecule has 1 fully saturated rings. The summed E-state index contributed by atoms with van der Waals surface area (Å²) in [7, 11) is -6.54. The third kappa shape index (κ3) is 6.17. The highest BCUT2D eigenvalue weighted by Crippen LogP contribution is 2.38. The molecule has 0 aliphatic heterocycles. The first-order chi connectivity index (χ1) is 14.2. The Morgan fingerprint density at radius 3 is 1.93 bits per heavy atom. The average molecular weight is 449 g/mol. The monoisotopic (exact) mass is 448 g/mol. The van der Waals surface area contributed by atoms with Gasteiger partial charge in [-0.3, -0.25) is 0 Å². The summed E-state index contributed by atoms with van der Waals surface area (Å²) in [6, 6.07) is 18.5. The Bertz CT molecular complexity index is 1020. The van der Waals surface area contributed by atoms with Crippen molar-refractivity contribution in [2.24, 2.45) is 17.8 Å². The Morgan fingerprint density at radius 1 is 0.833 bits per heavy atom. The molecule has 0 spiro atoms. The minimum absolute atomic E-state index is 0.0387. The van der Waals surface area contributed by atoms with Crippen LogP contribution >= 0.6 is 0 Å². The fourth-order valence-electron chi connectivity index (χ4n) is 4.67. The standard InChI is InChI=1S/C24H32O4S2/c1-19-13-14-23(15-24(19)30(27,28)18-22-11-7-4-8-12-22)20(2)16-29(25,26)17-21-9-5-3-6-10-21/h3-12,19-20,23-24H,13-18H2,1-2H3. The molecule has 0 aromatic heterocycles. The highest BCUT2D eigenvalue weighted by atomic mass is 32.2. The van der Waals surface area contributed by atoms with Crippen LogP contribution < -0.4 is 0 Å². The summed E-state index contributed by atoms with van der Waals surface area (Å²) in [4.78, 5) is 0. The van der Waals surface area contributed by atoms with Gasteiger partial charge in [0.2, 0.25) is 0 Å². The number of rotatable bonds is 8.